The Labute approximate surface area is 262 Å². The lowest BCUT2D eigenvalue weighted by Crippen LogP contribution is -2.57. The molecule has 3 aliphatic rings. The smallest absolute Gasteiger partial charge is 0.251 e. The molecule has 3 aliphatic heterocycles. The van der Waals surface area contributed by atoms with Crippen LogP contribution in [-0.2, 0) is 14.4 Å². The zero-order chi connectivity index (χ0) is 30.9. The van der Waals surface area contributed by atoms with Crippen molar-refractivity contribution in [3.05, 3.63) is 78.9 Å². The number of aliphatic hydroxyl groups is 1. The van der Waals surface area contributed by atoms with Gasteiger partial charge in [0.1, 0.15) is 11.8 Å². The number of halogens is 1. The maximum atomic E-state index is 14.6. The fourth-order valence-electron chi connectivity index (χ4n) is 6.99. The molecule has 10 heteroatoms. The number of benzene rings is 2. The first-order chi connectivity index (χ1) is 20.7. The Morgan fingerprint density at radius 3 is 2.44 bits per heavy atom. The van der Waals surface area contributed by atoms with Crippen molar-refractivity contribution in [1.29, 1.82) is 0 Å². The summed E-state index contributed by atoms with van der Waals surface area (Å²) in [6, 6.07) is 12.9. The summed E-state index contributed by atoms with van der Waals surface area (Å²) in [5.41, 5.74) is 1.21. The summed E-state index contributed by atoms with van der Waals surface area (Å²) < 4.78 is 4.76. The molecule has 2 unspecified atom stereocenters. The number of carbonyl (C=O) groups excluding carboxylic acids is 3. The van der Waals surface area contributed by atoms with Crippen molar-refractivity contribution in [2.24, 2.45) is 11.8 Å². The van der Waals surface area contributed by atoms with Crippen LogP contribution in [0.2, 0.25) is 5.02 Å². The molecule has 5 rings (SSSR count). The van der Waals surface area contributed by atoms with E-state index in [-0.39, 0.29) is 42.7 Å². The molecule has 3 heterocycles. The van der Waals surface area contributed by atoms with Crippen LogP contribution in [-0.4, -0.2) is 76.1 Å². The molecule has 0 radical (unpaired) electrons. The number of rotatable bonds is 12. The number of nitrogens with zero attached hydrogens (tertiary/aromatic N) is 3. The molecule has 6 atom stereocenters. The van der Waals surface area contributed by atoms with Gasteiger partial charge in [-0.25, -0.2) is 0 Å². The molecule has 1 N–H and O–H groups in total. The number of thioether (sulfide) groups is 1. The second-order valence-corrected chi connectivity index (χ2v) is 13.2. The van der Waals surface area contributed by atoms with Crippen LogP contribution in [0, 0.1) is 11.8 Å². The standard InChI is InChI=1S/C33H38ClN3O5S/c1-5-18-35(22-12-14-23(15-13-22)42-7-3)30(39)27-26-16-17-33(43-26)28(27)31(40)37(21(4)20-38)29(33)32(41)36(19-6-2)25-11-9-8-10-24(25)34/h5-6,8-15,21,26-29,38H,1-2,7,16-20H2,3-4H3/t21-,26-,27+,28+,29?,33?/m1/s1. The minimum Gasteiger partial charge on any atom is -0.494 e. The molecule has 0 saturated carbocycles. The number of para-hydroxylation sites is 1. The fraction of sp³-hybridized carbons (Fsp3) is 0.424. The van der Waals surface area contributed by atoms with Crippen molar-refractivity contribution < 1.29 is 24.2 Å². The van der Waals surface area contributed by atoms with Crippen molar-refractivity contribution in [2.45, 2.75) is 48.8 Å². The van der Waals surface area contributed by atoms with E-state index in [0.717, 1.165) is 0 Å². The van der Waals surface area contributed by atoms with Gasteiger partial charge in [-0.1, -0.05) is 35.9 Å². The molecule has 2 aromatic carbocycles. The van der Waals surface area contributed by atoms with Crippen LogP contribution in [0.4, 0.5) is 11.4 Å². The van der Waals surface area contributed by atoms with E-state index in [9.17, 15) is 19.5 Å². The van der Waals surface area contributed by atoms with Crippen molar-refractivity contribution >= 4 is 52.5 Å². The van der Waals surface area contributed by atoms with Gasteiger partial charge in [0.05, 0.1) is 46.5 Å². The van der Waals surface area contributed by atoms with E-state index in [4.69, 9.17) is 16.3 Å². The monoisotopic (exact) mass is 623 g/mol. The molecule has 8 nitrogen and oxygen atoms in total. The van der Waals surface area contributed by atoms with E-state index in [1.807, 2.05) is 31.2 Å². The van der Waals surface area contributed by atoms with Crippen LogP contribution in [0.15, 0.2) is 73.8 Å². The van der Waals surface area contributed by atoms with Gasteiger partial charge in [-0.05, 0) is 63.1 Å². The van der Waals surface area contributed by atoms with E-state index in [1.165, 1.54) is 4.90 Å². The third kappa shape index (κ3) is 5.25. The maximum Gasteiger partial charge on any atom is 0.251 e. The largest absolute Gasteiger partial charge is 0.494 e. The summed E-state index contributed by atoms with van der Waals surface area (Å²) in [6.45, 7) is 12.0. The van der Waals surface area contributed by atoms with Crippen molar-refractivity contribution in [3.8, 4) is 5.75 Å². The zero-order valence-electron chi connectivity index (χ0n) is 24.5. The number of hydrogen-bond acceptors (Lipinski definition) is 6. The maximum absolute atomic E-state index is 14.6. The Kier molecular flexibility index (Phi) is 9.25. The third-order valence-electron chi connectivity index (χ3n) is 8.75. The lowest BCUT2D eigenvalue weighted by molar-refractivity contribution is -0.141. The molecule has 1 spiro atoms. The molecule has 0 aromatic heterocycles. The van der Waals surface area contributed by atoms with Crippen LogP contribution >= 0.6 is 23.4 Å². The van der Waals surface area contributed by atoms with Gasteiger partial charge in [0.25, 0.3) is 5.91 Å². The topological polar surface area (TPSA) is 90.4 Å². The van der Waals surface area contributed by atoms with Crippen molar-refractivity contribution in [2.75, 3.05) is 36.1 Å². The number of carbonyl (C=O) groups is 3. The molecule has 0 aliphatic carbocycles. The van der Waals surface area contributed by atoms with Gasteiger partial charge in [0, 0.05) is 24.0 Å². The first kappa shape index (κ1) is 31.2. The van der Waals surface area contributed by atoms with E-state index >= 15 is 0 Å². The second kappa shape index (κ2) is 12.8. The molecule has 3 amide bonds. The Bertz CT molecular complexity index is 1400. The summed E-state index contributed by atoms with van der Waals surface area (Å²) in [6.07, 6.45) is 4.62. The number of hydrogen-bond donors (Lipinski definition) is 1. The van der Waals surface area contributed by atoms with Crippen molar-refractivity contribution in [1.82, 2.24) is 4.90 Å². The quantitative estimate of drug-likeness (QED) is 0.337. The number of amides is 3. The van der Waals surface area contributed by atoms with E-state index in [1.54, 1.807) is 64.9 Å². The number of ether oxygens (including phenoxy) is 1. The lowest BCUT2D eigenvalue weighted by atomic mass is 9.70. The van der Waals surface area contributed by atoms with Crippen LogP contribution in [0.25, 0.3) is 0 Å². The highest BCUT2D eigenvalue weighted by Crippen LogP contribution is 2.67. The summed E-state index contributed by atoms with van der Waals surface area (Å²) in [5.74, 6) is -1.36. The molecule has 2 aromatic rings. The number of likely N-dealkylation sites (tertiary alicyclic amines) is 1. The highest BCUT2D eigenvalue weighted by molar-refractivity contribution is 8.02. The molecule has 228 valence electrons. The molecular formula is C33H38ClN3O5S. The molecule has 2 bridgehead atoms. The van der Waals surface area contributed by atoms with Gasteiger partial charge in [0.15, 0.2) is 0 Å². The summed E-state index contributed by atoms with van der Waals surface area (Å²) in [5, 5.41) is 10.5. The minimum atomic E-state index is -0.880. The third-order valence-corrected chi connectivity index (χ3v) is 11.0. The normalized spacial score (nSPS) is 26.1. The predicted octanol–water partition coefficient (Wildman–Crippen LogP) is 4.95. The summed E-state index contributed by atoms with van der Waals surface area (Å²) >= 11 is 8.13. The van der Waals surface area contributed by atoms with Gasteiger partial charge in [-0.3, -0.25) is 14.4 Å². The van der Waals surface area contributed by atoms with Gasteiger partial charge in [-0.2, -0.15) is 0 Å². The first-order valence-corrected chi connectivity index (χ1v) is 15.9. The first-order valence-electron chi connectivity index (χ1n) is 14.7. The Morgan fingerprint density at radius 1 is 1.14 bits per heavy atom. The SMILES string of the molecule is C=CCN(C(=O)[C@@H]1[C@H]2C(=O)N([C@H](C)CO)C(C(=O)N(CC=C)c3ccccc3Cl)C23CC[C@H]1S3)c1ccc(OCC)cc1. The Morgan fingerprint density at radius 2 is 1.81 bits per heavy atom. The van der Waals surface area contributed by atoms with Gasteiger partial charge in [0.2, 0.25) is 11.8 Å². The van der Waals surface area contributed by atoms with Crippen LogP contribution in [0.3, 0.4) is 0 Å². The minimum absolute atomic E-state index is 0.119. The van der Waals surface area contributed by atoms with Crippen LogP contribution < -0.4 is 14.5 Å². The molecule has 3 saturated heterocycles. The average Bonchev–Trinajstić information content (AvgIpc) is 3.66. The van der Waals surface area contributed by atoms with Crippen LogP contribution in [0.1, 0.15) is 26.7 Å². The predicted molar refractivity (Wildman–Crippen MR) is 172 cm³/mol. The summed E-state index contributed by atoms with van der Waals surface area (Å²) in [4.78, 5) is 48.2. The van der Waals surface area contributed by atoms with E-state index < -0.39 is 28.7 Å². The van der Waals surface area contributed by atoms with Crippen molar-refractivity contribution in [3.63, 3.8) is 0 Å². The molecule has 43 heavy (non-hydrogen) atoms. The number of aliphatic hydroxyl groups excluding tert-OH is 1. The van der Waals surface area contributed by atoms with Gasteiger partial charge < -0.3 is 24.5 Å². The average molecular weight is 624 g/mol. The van der Waals surface area contributed by atoms with E-state index in [2.05, 4.69) is 13.2 Å². The lowest BCUT2D eigenvalue weighted by Gasteiger charge is -2.39. The Hall–Kier alpha value is -3.27. The van der Waals surface area contributed by atoms with Crippen LogP contribution in [0.5, 0.6) is 5.75 Å². The molecular weight excluding hydrogens is 586 g/mol. The number of anilines is 2. The zero-order valence-corrected chi connectivity index (χ0v) is 26.1. The Balaban J connectivity index is 1.55. The number of fused-ring (bicyclic) bond motifs is 1. The fourth-order valence-corrected chi connectivity index (χ4v) is 9.42. The van der Waals surface area contributed by atoms with E-state index in [0.29, 0.717) is 41.6 Å². The summed E-state index contributed by atoms with van der Waals surface area (Å²) in [7, 11) is 0. The highest BCUT2D eigenvalue weighted by Gasteiger charge is 2.74. The highest BCUT2D eigenvalue weighted by atomic mass is 35.5. The second-order valence-electron chi connectivity index (χ2n) is 11.2. The molecule has 3 fully saturated rings. The van der Waals surface area contributed by atoms with Gasteiger partial charge in [-0.15, -0.1) is 24.9 Å². The van der Waals surface area contributed by atoms with Gasteiger partial charge >= 0.3 is 0 Å².